The number of carbonyl (C=O) groups excluding carboxylic acids is 2. The van der Waals surface area contributed by atoms with Crippen molar-refractivity contribution in [2.24, 2.45) is 11.8 Å². The quantitative estimate of drug-likeness (QED) is 0.502. The van der Waals surface area contributed by atoms with E-state index in [1.807, 2.05) is 6.92 Å². The number of allylic oxidation sites excluding steroid dienone is 2. The van der Waals surface area contributed by atoms with Crippen molar-refractivity contribution >= 4 is 17.4 Å². The van der Waals surface area contributed by atoms with Crippen molar-refractivity contribution in [2.45, 2.75) is 13.3 Å². The van der Waals surface area contributed by atoms with Crippen LogP contribution >= 0.6 is 0 Å². The van der Waals surface area contributed by atoms with Gasteiger partial charge in [0, 0.05) is 17.5 Å². The summed E-state index contributed by atoms with van der Waals surface area (Å²) in [5.74, 6) is -1.37. The monoisotopic (exact) mass is 275 g/mol. The van der Waals surface area contributed by atoms with Gasteiger partial charge in [0.2, 0.25) is 0 Å². The molecule has 0 saturated carbocycles. The lowest BCUT2D eigenvalue weighted by molar-refractivity contribution is -0.150. The number of ether oxygens (including phenoxy) is 1. The van der Waals surface area contributed by atoms with Crippen LogP contribution < -0.4 is 5.32 Å². The minimum Gasteiger partial charge on any atom is -0.508 e. The second-order valence-corrected chi connectivity index (χ2v) is 4.93. The lowest BCUT2D eigenvalue weighted by Gasteiger charge is -2.26. The van der Waals surface area contributed by atoms with Gasteiger partial charge in [-0.1, -0.05) is 6.92 Å². The highest BCUT2D eigenvalue weighted by atomic mass is 16.5. The summed E-state index contributed by atoms with van der Waals surface area (Å²) in [5.41, 5.74) is 1.54. The summed E-state index contributed by atoms with van der Waals surface area (Å²) < 4.78 is 4.66. The van der Waals surface area contributed by atoms with Crippen LogP contribution in [0.1, 0.15) is 13.3 Å². The van der Waals surface area contributed by atoms with Crippen LogP contribution in [0, 0.1) is 11.8 Å². The number of hydrogen-bond donors (Lipinski definition) is 2. The van der Waals surface area contributed by atoms with Crippen LogP contribution in [0.5, 0.6) is 5.75 Å². The molecule has 0 heterocycles. The van der Waals surface area contributed by atoms with Crippen LogP contribution in [0.4, 0.5) is 5.69 Å². The van der Waals surface area contributed by atoms with Crippen molar-refractivity contribution in [3.8, 4) is 5.75 Å². The summed E-state index contributed by atoms with van der Waals surface area (Å²) in [4.78, 5) is 23.6. The summed E-state index contributed by atoms with van der Waals surface area (Å²) in [6.07, 6.45) is 2.04. The Morgan fingerprint density at radius 3 is 2.55 bits per heavy atom. The molecule has 0 radical (unpaired) electrons. The van der Waals surface area contributed by atoms with E-state index in [2.05, 4.69) is 10.1 Å². The van der Waals surface area contributed by atoms with E-state index < -0.39 is 11.9 Å². The molecule has 5 nitrogen and oxygen atoms in total. The van der Waals surface area contributed by atoms with Crippen molar-refractivity contribution in [2.75, 3.05) is 12.4 Å². The van der Waals surface area contributed by atoms with E-state index in [1.165, 1.54) is 13.2 Å². The summed E-state index contributed by atoms with van der Waals surface area (Å²) in [6.45, 7) is 1.85. The lowest BCUT2D eigenvalue weighted by atomic mass is 9.82. The fourth-order valence-corrected chi connectivity index (χ4v) is 2.36. The van der Waals surface area contributed by atoms with Crippen LogP contribution in [-0.4, -0.2) is 24.0 Å². The van der Waals surface area contributed by atoms with E-state index in [4.69, 9.17) is 0 Å². The highest BCUT2D eigenvalue weighted by Crippen LogP contribution is 2.29. The Bertz CT molecular complexity index is 547. The molecule has 2 atom stereocenters. The van der Waals surface area contributed by atoms with E-state index in [9.17, 15) is 14.7 Å². The van der Waals surface area contributed by atoms with E-state index in [1.54, 1.807) is 24.3 Å². The average Bonchev–Trinajstić information content (AvgIpc) is 2.40. The molecule has 5 heteroatoms. The molecule has 1 aromatic carbocycles. The first kappa shape index (κ1) is 14.1. The smallest absolute Gasteiger partial charge is 0.316 e. The van der Waals surface area contributed by atoms with E-state index >= 15 is 0 Å². The van der Waals surface area contributed by atoms with Gasteiger partial charge in [-0.25, -0.2) is 0 Å². The summed E-state index contributed by atoms with van der Waals surface area (Å²) in [5, 5.41) is 12.3. The van der Waals surface area contributed by atoms with Gasteiger partial charge in [-0.2, -0.15) is 0 Å². The molecule has 0 fully saturated rings. The Labute approximate surface area is 117 Å². The van der Waals surface area contributed by atoms with Crippen molar-refractivity contribution in [1.29, 1.82) is 0 Å². The normalized spacial score (nSPS) is 22.1. The molecule has 1 aliphatic rings. The summed E-state index contributed by atoms with van der Waals surface area (Å²) >= 11 is 0. The van der Waals surface area contributed by atoms with Gasteiger partial charge in [0.05, 0.1) is 7.11 Å². The maximum Gasteiger partial charge on any atom is 0.316 e. The molecule has 1 aromatic rings. The fourth-order valence-electron chi connectivity index (χ4n) is 2.36. The molecular weight excluding hydrogens is 258 g/mol. The molecule has 0 unspecified atom stereocenters. The molecule has 20 heavy (non-hydrogen) atoms. The molecule has 0 amide bonds. The Kier molecular flexibility index (Phi) is 4.08. The number of anilines is 1. The zero-order chi connectivity index (χ0) is 14.7. The maximum absolute atomic E-state index is 12.0. The predicted molar refractivity (Wildman–Crippen MR) is 74.1 cm³/mol. The number of phenolic OH excluding ortho intramolecular Hbond substituents is 1. The van der Waals surface area contributed by atoms with Gasteiger partial charge in [0.1, 0.15) is 11.7 Å². The fraction of sp³-hybridized carbons (Fsp3) is 0.333. The number of phenols is 1. The lowest BCUT2D eigenvalue weighted by Crippen LogP contribution is -2.34. The second-order valence-electron chi connectivity index (χ2n) is 4.93. The van der Waals surface area contributed by atoms with Crippen molar-refractivity contribution < 1.29 is 19.4 Å². The Balaban J connectivity index is 2.13. The van der Waals surface area contributed by atoms with Gasteiger partial charge in [-0.15, -0.1) is 0 Å². The first-order valence-corrected chi connectivity index (χ1v) is 6.39. The number of esters is 1. The predicted octanol–water partition coefficient (Wildman–Crippen LogP) is 2.09. The number of nitrogens with one attached hydrogen (secondary N) is 1. The summed E-state index contributed by atoms with van der Waals surface area (Å²) in [6, 6.07) is 6.57. The molecule has 1 aliphatic carbocycles. The minimum atomic E-state index is -0.717. The Morgan fingerprint density at radius 2 is 2.00 bits per heavy atom. The van der Waals surface area contributed by atoms with Gasteiger partial charge >= 0.3 is 5.97 Å². The number of rotatable bonds is 3. The van der Waals surface area contributed by atoms with E-state index in [0.29, 0.717) is 6.42 Å². The standard InChI is InChI=1S/C15H17NO4/c1-9-7-11(8-13(18)14(9)15(19)20-2)16-10-3-5-12(17)6-4-10/h3-6,8-9,14,16-17H,7H2,1-2H3/t9-,14+/m1/s1. The summed E-state index contributed by atoms with van der Waals surface area (Å²) in [7, 11) is 1.29. The first-order valence-electron chi connectivity index (χ1n) is 6.39. The third-order valence-electron chi connectivity index (χ3n) is 3.36. The number of hydrogen-bond acceptors (Lipinski definition) is 5. The zero-order valence-electron chi connectivity index (χ0n) is 11.4. The highest BCUT2D eigenvalue weighted by Gasteiger charge is 2.35. The van der Waals surface area contributed by atoms with Crippen LogP contribution in [0.3, 0.4) is 0 Å². The van der Waals surface area contributed by atoms with Crippen molar-refractivity contribution in [3.63, 3.8) is 0 Å². The number of methoxy groups -OCH3 is 1. The topological polar surface area (TPSA) is 75.6 Å². The van der Waals surface area contributed by atoms with Gasteiger partial charge < -0.3 is 15.2 Å². The van der Waals surface area contributed by atoms with Crippen LogP contribution in [-0.2, 0) is 14.3 Å². The number of aromatic hydroxyl groups is 1. The molecule has 106 valence electrons. The van der Waals surface area contributed by atoms with Crippen molar-refractivity contribution in [3.05, 3.63) is 36.0 Å². The van der Waals surface area contributed by atoms with E-state index in [-0.39, 0.29) is 17.5 Å². The Hall–Kier alpha value is -2.30. The molecule has 2 N–H and O–H groups in total. The van der Waals surface area contributed by atoms with Crippen LogP contribution in [0.15, 0.2) is 36.0 Å². The van der Waals surface area contributed by atoms with Gasteiger partial charge in [-0.05, 0) is 36.6 Å². The van der Waals surface area contributed by atoms with Gasteiger partial charge in [-0.3, -0.25) is 9.59 Å². The third-order valence-corrected chi connectivity index (χ3v) is 3.36. The molecule has 0 bridgehead atoms. The largest absolute Gasteiger partial charge is 0.508 e. The number of ketones is 1. The van der Waals surface area contributed by atoms with Gasteiger partial charge in [0.15, 0.2) is 5.78 Å². The zero-order valence-corrected chi connectivity index (χ0v) is 11.4. The number of benzene rings is 1. The molecule has 0 aromatic heterocycles. The molecule has 2 rings (SSSR count). The second kappa shape index (κ2) is 5.77. The minimum absolute atomic E-state index is 0.112. The van der Waals surface area contributed by atoms with Crippen molar-refractivity contribution in [1.82, 2.24) is 0 Å². The molecule has 0 saturated heterocycles. The molecule has 0 spiro atoms. The average molecular weight is 275 g/mol. The van der Waals surface area contributed by atoms with Crippen LogP contribution in [0.2, 0.25) is 0 Å². The van der Waals surface area contributed by atoms with E-state index in [0.717, 1.165) is 11.4 Å². The molecular formula is C15H17NO4. The maximum atomic E-state index is 12.0. The van der Waals surface area contributed by atoms with Crippen LogP contribution in [0.25, 0.3) is 0 Å². The Morgan fingerprint density at radius 1 is 1.35 bits per heavy atom. The number of carbonyl (C=O) groups is 2. The highest BCUT2D eigenvalue weighted by molar-refractivity contribution is 6.06. The SMILES string of the molecule is COC(=O)[C@@H]1C(=O)C=C(Nc2ccc(O)cc2)C[C@H]1C. The van der Waals surface area contributed by atoms with Gasteiger partial charge in [0.25, 0.3) is 0 Å². The molecule has 0 aliphatic heterocycles. The first-order chi connectivity index (χ1) is 9.51. The third kappa shape index (κ3) is 2.99.